The monoisotopic (exact) mass is 551 g/mol. The van der Waals surface area contributed by atoms with Crippen LogP contribution in [-0.4, -0.2) is 7.11 Å². The molecule has 0 unspecified atom stereocenters. The number of anilines is 3. The second kappa shape index (κ2) is 10.7. The van der Waals surface area contributed by atoms with Crippen LogP contribution < -0.4 is 9.64 Å². The largest absolute Gasteiger partial charge is 0.497 e. The number of hydrogen-bond acceptors (Lipinski definition) is 3. The molecule has 43 heavy (non-hydrogen) atoms. The van der Waals surface area contributed by atoms with Crippen molar-refractivity contribution in [2.75, 3.05) is 12.0 Å². The van der Waals surface area contributed by atoms with Gasteiger partial charge in [0.25, 0.3) is 0 Å². The maximum absolute atomic E-state index is 9.89. The number of methoxy groups -OCH3 is 1. The van der Waals surface area contributed by atoms with E-state index in [4.69, 9.17) is 11.3 Å². The number of ether oxygens (including phenoxy) is 1. The smallest absolute Gasteiger partial charge is 0.195 e. The third kappa shape index (κ3) is 4.58. The molecule has 0 radical (unpaired) electrons. The minimum absolute atomic E-state index is 0.619. The molecule has 4 nitrogen and oxygen atoms in total. The molecule has 0 atom stereocenters. The van der Waals surface area contributed by atoms with Gasteiger partial charge in [-0.2, -0.15) is 5.26 Å². The predicted molar refractivity (Wildman–Crippen MR) is 178 cm³/mol. The lowest BCUT2D eigenvalue weighted by molar-refractivity contribution is 0.415. The summed E-state index contributed by atoms with van der Waals surface area (Å²) in [7, 11) is 1.67. The van der Waals surface area contributed by atoms with Crippen LogP contribution in [0.25, 0.3) is 49.3 Å². The predicted octanol–water partition coefficient (Wildman–Crippen LogP) is 10.7. The van der Waals surface area contributed by atoms with Crippen LogP contribution in [0.4, 0.5) is 22.7 Å². The van der Waals surface area contributed by atoms with E-state index < -0.39 is 0 Å². The van der Waals surface area contributed by atoms with Gasteiger partial charge < -0.3 is 9.64 Å². The summed E-state index contributed by atoms with van der Waals surface area (Å²) in [6, 6.07) is 43.2. The first kappa shape index (κ1) is 25.8. The van der Waals surface area contributed by atoms with Crippen molar-refractivity contribution in [3.8, 4) is 11.8 Å². The first-order chi connectivity index (χ1) is 21.2. The molecule has 0 heterocycles. The molecule has 0 saturated carbocycles. The molecule has 0 aromatic heterocycles. The van der Waals surface area contributed by atoms with Crippen molar-refractivity contribution < 1.29 is 4.74 Å². The molecule has 0 saturated heterocycles. The summed E-state index contributed by atoms with van der Waals surface area (Å²) in [5.41, 5.74) is 6.45. The van der Waals surface area contributed by atoms with Crippen molar-refractivity contribution in [2.45, 2.75) is 0 Å². The normalized spacial score (nSPS) is 11.2. The van der Waals surface area contributed by atoms with E-state index in [2.05, 4.69) is 88.6 Å². The van der Waals surface area contributed by atoms with Crippen LogP contribution in [0.5, 0.6) is 5.75 Å². The summed E-state index contributed by atoms with van der Waals surface area (Å²) in [5.74, 6) is 0.816. The molecule has 7 aromatic carbocycles. The topological polar surface area (TPSA) is 40.6 Å². The number of hydrogen-bond donors (Lipinski definition) is 0. The molecule has 0 aliphatic carbocycles. The molecule has 0 amide bonds. The maximum atomic E-state index is 9.89. The summed E-state index contributed by atoms with van der Waals surface area (Å²) < 4.78 is 5.37. The third-order valence-electron chi connectivity index (χ3n) is 7.90. The molecule has 4 heteroatoms. The van der Waals surface area contributed by atoms with Crippen molar-refractivity contribution >= 4 is 67.2 Å². The number of para-hydroxylation sites is 1. The summed E-state index contributed by atoms with van der Waals surface area (Å²) in [6.07, 6.45) is 4.15. The second-order valence-electron chi connectivity index (χ2n) is 10.4. The van der Waals surface area contributed by atoms with Gasteiger partial charge in [-0.15, -0.1) is 0 Å². The summed E-state index contributed by atoms with van der Waals surface area (Å²) in [6.45, 7) is 7.85. The van der Waals surface area contributed by atoms with Crippen molar-refractivity contribution in [3.05, 3.63) is 149 Å². The standard InChI is InChI=1S/C39H25N3O/c1-41-37-24-28-7-6-10-35-30(25-40)23-29-21-27(22-36(37)39(29)38(28)35)12-11-26-13-15-32(16-14-26)42(31-8-4-3-5-9-31)33-17-19-34(43-2)20-18-33/h3-24H,2H3/b12-11+. The van der Waals surface area contributed by atoms with E-state index >= 15 is 0 Å². The lowest BCUT2D eigenvalue weighted by Gasteiger charge is -2.25. The first-order valence-electron chi connectivity index (χ1n) is 14.0. The van der Waals surface area contributed by atoms with Crippen molar-refractivity contribution in [1.29, 1.82) is 5.26 Å². The van der Waals surface area contributed by atoms with Crippen LogP contribution in [0.1, 0.15) is 16.7 Å². The van der Waals surface area contributed by atoms with Gasteiger partial charge in [-0.3, -0.25) is 0 Å². The molecule has 202 valence electrons. The van der Waals surface area contributed by atoms with Gasteiger partial charge in [0.2, 0.25) is 0 Å². The molecule has 0 aliphatic heterocycles. The van der Waals surface area contributed by atoms with E-state index in [1.54, 1.807) is 7.11 Å². The zero-order chi connectivity index (χ0) is 29.3. The Morgan fingerprint density at radius 3 is 2.05 bits per heavy atom. The molecular formula is C39H25N3O. The average molecular weight is 552 g/mol. The van der Waals surface area contributed by atoms with Crippen LogP contribution in [-0.2, 0) is 0 Å². The highest BCUT2D eigenvalue weighted by atomic mass is 16.5. The highest BCUT2D eigenvalue weighted by molar-refractivity contribution is 6.27. The Morgan fingerprint density at radius 2 is 1.35 bits per heavy atom. The van der Waals surface area contributed by atoms with E-state index in [9.17, 15) is 5.26 Å². The minimum Gasteiger partial charge on any atom is -0.497 e. The van der Waals surface area contributed by atoms with Gasteiger partial charge in [0.1, 0.15) is 5.75 Å². The Labute approximate surface area is 250 Å². The lowest BCUT2D eigenvalue weighted by atomic mass is 9.89. The van der Waals surface area contributed by atoms with Crippen LogP contribution >= 0.6 is 0 Å². The van der Waals surface area contributed by atoms with E-state index in [1.165, 1.54) is 0 Å². The molecule has 0 N–H and O–H groups in total. The summed E-state index contributed by atoms with van der Waals surface area (Å²) in [4.78, 5) is 6.07. The molecular weight excluding hydrogens is 526 g/mol. The number of nitrogens with zero attached hydrogens (tertiary/aromatic N) is 3. The number of nitriles is 1. The fourth-order valence-electron chi connectivity index (χ4n) is 5.90. The quantitative estimate of drug-likeness (QED) is 0.117. The minimum atomic E-state index is 0.619. The van der Waals surface area contributed by atoms with Gasteiger partial charge in [-0.05, 0) is 105 Å². The third-order valence-corrected chi connectivity index (χ3v) is 7.90. The van der Waals surface area contributed by atoms with E-state index in [1.807, 2.05) is 60.7 Å². The van der Waals surface area contributed by atoms with E-state index in [0.29, 0.717) is 11.3 Å². The van der Waals surface area contributed by atoms with Crippen LogP contribution in [0.15, 0.2) is 121 Å². The highest BCUT2D eigenvalue weighted by Crippen LogP contribution is 2.42. The average Bonchev–Trinajstić information content (AvgIpc) is 3.07. The Morgan fingerprint density at radius 1 is 0.674 bits per heavy atom. The molecule has 0 spiro atoms. The second-order valence-corrected chi connectivity index (χ2v) is 10.4. The Bertz CT molecular complexity index is 2220. The van der Waals surface area contributed by atoms with Crippen molar-refractivity contribution in [2.24, 2.45) is 0 Å². The number of benzene rings is 7. The Balaban J connectivity index is 1.27. The van der Waals surface area contributed by atoms with E-state index in [0.717, 1.165) is 66.3 Å². The molecule has 7 rings (SSSR count). The van der Waals surface area contributed by atoms with Crippen LogP contribution in [0.3, 0.4) is 0 Å². The van der Waals surface area contributed by atoms with Crippen LogP contribution in [0, 0.1) is 17.9 Å². The fraction of sp³-hybridized carbons (Fsp3) is 0.0256. The number of rotatable bonds is 6. The van der Waals surface area contributed by atoms with Gasteiger partial charge in [-0.25, -0.2) is 4.85 Å². The Hall–Kier alpha value is -6.10. The van der Waals surface area contributed by atoms with E-state index in [-0.39, 0.29) is 0 Å². The highest BCUT2D eigenvalue weighted by Gasteiger charge is 2.16. The lowest BCUT2D eigenvalue weighted by Crippen LogP contribution is -2.09. The molecule has 7 aromatic rings. The molecule has 0 bridgehead atoms. The van der Waals surface area contributed by atoms with Gasteiger partial charge in [0.05, 0.1) is 25.3 Å². The van der Waals surface area contributed by atoms with Crippen molar-refractivity contribution in [3.63, 3.8) is 0 Å². The molecule has 0 fully saturated rings. The zero-order valence-electron chi connectivity index (χ0n) is 23.5. The Kier molecular flexibility index (Phi) is 6.44. The summed E-state index contributed by atoms with van der Waals surface area (Å²) >= 11 is 0. The summed E-state index contributed by atoms with van der Waals surface area (Å²) in [5, 5.41) is 15.8. The fourth-order valence-corrected chi connectivity index (χ4v) is 5.90. The zero-order valence-corrected chi connectivity index (χ0v) is 23.5. The van der Waals surface area contributed by atoms with Crippen molar-refractivity contribution in [1.82, 2.24) is 0 Å². The molecule has 0 aliphatic rings. The van der Waals surface area contributed by atoms with Gasteiger partial charge in [0, 0.05) is 22.4 Å². The van der Waals surface area contributed by atoms with Gasteiger partial charge >= 0.3 is 0 Å². The van der Waals surface area contributed by atoms with Crippen LogP contribution in [0.2, 0.25) is 0 Å². The maximum Gasteiger partial charge on any atom is 0.195 e. The van der Waals surface area contributed by atoms with Gasteiger partial charge in [0.15, 0.2) is 5.69 Å². The first-order valence-corrected chi connectivity index (χ1v) is 14.0. The van der Waals surface area contributed by atoms with Gasteiger partial charge in [-0.1, -0.05) is 66.7 Å². The SMILES string of the molecule is [C-]#[N+]c1cc2cccc3c(C#N)cc4cc(/C=C/c5ccc(N(c6ccccc6)c6ccc(OC)cc6)cc5)cc1c4c23.